The van der Waals surface area contributed by atoms with Crippen molar-refractivity contribution in [2.75, 3.05) is 32.2 Å². The average Bonchev–Trinajstić information content (AvgIpc) is 2.59. The molecule has 1 heterocycles. The van der Waals surface area contributed by atoms with E-state index in [0.717, 1.165) is 17.8 Å². The van der Waals surface area contributed by atoms with Gasteiger partial charge in [-0.3, -0.25) is 9.78 Å². The van der Waals surface area contributed by atoms with Crippen molar-refractivity contribution >= 4 is 17.3 Å². The van der Waals surface area contributed by atoms with Gasteiger partial charge in [-0.25, -0.2) is 0 Å². The van der Waals surface area contributed by atoms with Crippen LogP contribution in [0.5, 0.6) is 0 Å². The van der Waals surface area contributed by atoms with Gasteiger partial charge in [-0.15, -0.1) is 0 Å². The molecule has 0 aliphatic carbocycles. The van der Waals surface area contributed by atoms with Crippen LogP contribution in [0.2, 0.25) is 0 Å². The van der Waals surface area contributed by atoms with E-state index in [1.807, 2.05) is 48.3 Å². The first-order valence-electron chi connectivity index (χ1n) is 7.24. The molecule has 1 amide bonds. The lowest BCUT2D eigenvalue weighted by molar-refractivity contribution is 0.0943. The number of ether oxygens (including phenoxy) is 1. The lowest BCUT2D eigenvalue weighted by atomic mass is 10.2. The van der Waals surface area contributed by atoms with Gasteiger partial charge in [0.25, 0.3) is 5.91 Å². The van der Waals surface area contributed by atoms with Gasteiger partial charge >= 0.3 is 0 Å². The molecule has 0 aliphatic heterocycles. The van der Waals surface area contributed by atoms with Gasteiger partial charge in [-0.05, 0) is 30.7 Å². The number of carbonyl (C=O) groups is 1. The number of nitrogens with zero attached hydrogens (tertiary/aromatic N) is 2. The van der Waals surface area contributed by atoms with E-state index in [1.54, 1.807) is 19.4 Å². The van der Waals surface area contributed by atoms with Crippen molar-refractivity contribution in [1.82, 2.24) is 10.3 Å². The summed E-state index contributed by atoms with van der Waals surface area (Å²) in [5.41, 5.74) is 2.39. The topological polar surface area (TPSA) is 54.5 Å². The number of pyridine rings is 1. The van der Waals surface area contributed by atoms with Gasteiger partial charge in [-0.2, -0.15) is 0 Å². The Morgan fingerprint density at radius 3 is 2.73 bits per heavy atom. The van der Waals surface area contributed by atoms with Crippen molar-refractivity contribution in [3.05, 3.63) is 54.4 Å². The maximum atomic E-state index is 12.1. The second kappa shape index (κ2) is 8.14. The van der Waals surface area contributed by atoms with E-state index in [4.69, 9.17) is 4.74 Å². The fourth-order valence-electron chi connectivity index (χ4n) is 2.06. The van der Waals surface area contributed by atoms with Crippen LogP contribution in [0.3, 0.4) is 0 Å². The van der Waals surface area contributed by atoms with Crippen LogP contribution < -0.4 is 10.2 Å². The fraction of sp³-hybridized carbons (Fsp3) is 0.294. The molecule has 0 unspecified atom stereocenters. The summed E-state index contributed by atoms with van der Waals surface area (Å²) in [6.07, 6.45) is 2.44. The first-order chi connectivity index (χ1) is 10.7. The van der Waals surface area contributed by atoms with Crippen LogP contribution in [-0.4, -0.2) is 38.2 Å². The molecule has 0 saturated heterocycles. The Kier molecular flexibility index (Phi) is 5.91. The number of methoxy groups -OCH3 is 1. The Labute approximate surface area is 130 Å². The zero-order valence-corrected chi connectivity index (χ0v) is 13.0. The summed E-state index contributed by atoms with van der Waals surface area (Å²) in [7, 11) is 3.61. The highest BCUT2D eigenvalue weighted by molar-refractivity contribution is 5.93. The molecule has 116 valence electrons. The zero-order valence-electron chi connectivity index (χ0n) is 13.0. The van der Waals surface area contributed by atoms with Crippen LogP contribution in [0.25, 0.3) is 0 Å². The highest BCUT2D eigenvalue weighted by Gasteiger charge is 2.10. The molecule has 5 heteroatoms. The van der Waals surface area contributed by atoms with E-state index < -0.39 is 0 Å². The SMILES string of the molecule is COCCCNC(=O)c1cc(N(C)c2ccccc2)ccn1. The minimum absolute atomic E-state index is 0.167. The van der Waals surface area contributed by atoms with E-state index in [9.17, 15) is 4.79 Å². The van der Waals surface area contributed by atoms with Gasteiger partial charge < -0.3 is 15.0 Å². The summed E-state index contributed by atoms with van der Waals surface area (Å²) in [6, 6.07) is 13.7. The van der Waals surface area contributed by atoms with Gasteiger partial charge in [0.1, 0.15) is 5.69 Å². The summed E-state index contributed by atoms with van der Waals surface area (Å²) < 4.78 is 4.96. The Morgan fingerprint density at radius 1 is 1.23 bits per heavy atom. The van der Waals surface area contributed by atoms with E-state index >= 15 is 0 Å². The zero-order chi connectivity index (χ0) is 15.8. The van der Waals surface area contributed by atoms with Crippen LogP contribution in [0, 0.1) is 0 Å². The third-order valence-corrected chi connectivity index (χ3v) is 3.32. The maximum absolute atomic E-state index is 12.1. The van der Waals surface area contributed by atoms with Crippen LogP contribution >= 0.6 is 0 Å². The third-order valence-electron chi connectivity index (χ3n) is 3.32. The quantitative estimate of drug-likeness (QED) is 0.799. The number of hydrogen-bond donors (Lipinski definition) is 1. The smallest absolute Gasteiger partial charge is 0.269 e. The third kappa shape index (κ3) is 4.30. The number of rotatable bonds is 7. The second-order valence-electron chi connectivity index (χ2n) is 4.90. The van der Waals surface area contributed by atoms with Gasteiger partial charge in [0.2, 0.25) is 0 Å². The predicted molar refractivity (Wildman–Crippen MR) is 87.6 cm³/mol. The van der Waals surface area contributed by atoms with Crippen molar-refractivity contribution in [2.45, 2.75) is 6.42 Å². The number of anilines is 2. The molecule has 1 aromatic heterocycles. The van der Waals surface area contributed by atoms with Gasteiger partial charge in [0.05, 0.1) is 0 Å². The summed E-state index contributed by atoms with van der Waals surface area (Å²) >= 11 is 0. The van der Waals surface area contributed by atoms with Crippen molar-refractivity contribution in [1.29, 1.82) is 0 Å². The number of hydrogen-bond acceptors (Lipinski definition) is 4. The van der Waals surface area contributed by atoms with Crippen LogP contribution in [0.1, 0.15) is 16.9 Å². The molecular weight excluding hydrogens is 278 g/mol. The molecule has 2 aromatic rings. The Bertz CT molecular complexity index is 602. The molecule has 0 aliphatic rings. The summed E-state index contributed by atoms with van der Waals surface area (Å²) in [6.45, 7) is 1.21. The van der Waals surface area contributed by atoms with Crippen molar-refractivity contribution in [3.8, 4) is 0 Å². The van der Waals surface area contributed by atoms with Crippen LogP contribution in [0.4, 0.5) is 11.4 Å². The number of benzene rings is 1. The number of para-hydroxylation sites is 1. The number of aromatic nitrogens is 1. The lowest BCUT2D eigenvalue weighted by Crippen LogP contribution is -2.26. The van der Waals surface area contributed by atoms with E-state index in [2.05, 4.69) is 10.3 Å². The minimum Gasteiger partial charge on any atom is -0.385 e. The molecule has 0 bridgehead atoms. The second-order valence-corrected chi connectivity index (χ2v) is 4.90. The first kappa shape index (κ1) is 16.0. The predicted octanol–water partition coefficient (Wildman–Crippen LogP) is 2.62. The van der Waals surface area contributed by atoms with Crippen LogP contribution in [0.15, 0.2) is 48.7 Å². The molecule has 0 saturated carbocycles. The Balaban J connectivity index is 2.05. The molecule has 1 N–H and O–H groups in total. The van der Waals surface area contributed by atoms with Gasteiger partial charge in [0.15, 0.2) is 0 Å². The van der Waals surface area contributed by atoms with E-state index in [1.165, 1.54) is 0 Å². The summed E-state index contributed by atoms with van der Waals surface area (Å²) in [5.74, 6) is -0.167. The highest BCUT2D eigenvalue weighted by atomic mass is 16.5. The molecule has 0 atom stereocenters. The molecule has 5 nitrogen and oxygen atoms in total. The van der Waals surface area contributed by atoms with Gasteiger partial charge in [-0.1, -0.05) is 18.2 Å². The molecule has 1 aromatic carbocycles. The largest absolute Gasteiger partial charge is 0.385 e. The van der Waals surface area contributed by atoms with E-state index in [-0.39, 0.29) is 5.91 Å². The highest BCUT2D eigenvalue weighted by Crippen LogP contribution is 2.22. The molecule has 0 radical (unpaired) electrons. The molecular formula is C17H21N3O2. The van der Waals surface area contributed by atoms with Crippen LogP contribution in [-0.2, 0) is 4.74 Å². The molecule has 22 heavy (non-hydrogen) atoms. The molecule has 0 spiro atoms. The maximum Gasteiger partial charge on any atom is 0.269 e. The minimum atomic E-state index is -0.167. The Morgan fingerprint density at radius 2 is 2.00 bits per heavy atom. The molecule has 2 rings (SSSR count). The average molecular weight is 299 g/mol. The first-order valence-corrected chi connectivity index (χ1v) is 7.24. The Hall–Kier alpha value is -2.40. The number of amides is 1. The number of carbonyl (C=O) groups excluding carboxylic acids is 1. The molecule has 0 fully saturated rings. The standard InChI is InChI=1S/C17H21N3O2/c1-20(14-7-4-3-5-8-14)15-9-11-18-16(13-15)17(21)19-10-6-12-22-2/h3-5,7-9,11,13H,6,10,12H2,1-2H3,(H,19,21). The van der Waals surface area contributed by atoms with Crippen molar-refractivity contribution in [2.24, 2.45) is 0 Å². The lowest BCUT2D eigenvalue weighted by Gasteiger charge is -2.19. The summed E-state index contributed by atoms with van der Waals surface area (Å²) in [5, 5.41) is 2.84. The van der Waals surface area contributed by atoms with Crippen molar-refractivity contribution in [3.63, 3.8) is 0 Å². The monoisotopic (exact) mass is 299 g/mol. The summed E-state index contributed by atoms with van der Waals surface area (Å²) in [4.78, 5) is 18.2. The number of nitrogens with one attached hydrogen (secondary N) is 1. The normalized spacial score (nSPS) is 10.3. The van der Waals surface area contributed by atoms with Gasteiger partial charge in [0, 0.05) is 44.9 Å². The fourth-order valence-corrected chi connectivity index (χ4v) is 2.06. The van der Waals surface area contributed by atoms with E-state index in [0.29, 0.717) is 18.8 Å². The van der Waals surface area contributed by atoms with Crippen molar-refractivity contribution < 1.29 is 9.53 Å².